The minimum absolute atomic E-state index is 0.0392. The molecule has 0 spiro atoms. The van der Waals surface area contributed by atoms with Crippen LogP contribution in [0, 0.1) is 0 Å². The number of carbonyl (C=O) groups is 1. The zero-order valence-corrected chi connectivity index (χ0v) is 11.1. The molecule has 0 radical (unpaired) electrons. The second kappa shape index (κ2) is 5.41. The standard InChI is InChI=1S/C16H16N2O2/c19-16(20)10-14(15-5-2-8-17-18-15)13-7-6-11-3-1-4-12(11)9-13/h2,5-9,14H,1,3-4,10H2,(H,19,20). The number of benzene rings is 1. The summed E-state index contributed by atoms with van der Waals surface area (Å²) in [5.74, 6) is -1.05. The molecule has 0 saturated carbocycles. The Morgan fingerprint density at radius 1 is 1.25 bits per heavy atom. The number of nitrogens with zero attached hydrogens (tertiary/aromatic N) is 2. The minimum Gasteiger partial charge on any atom is -0.481 e. The summed E-state index contributed by atoms with van der Waals surface area (Å²) >= 11 is 0. The summed E-state index contributed by atoms with van der Waals surface area (Å²) in [5.41, 5.74) is 4.48. The van der Waals surface area contributed by atoms with Gasteiger partial charge in [0.1, 0.15) is 0 Å². The fourth-order valence-corrected chi connectivity index (χ4v) is 2.88. The largest absolute Gasteiger partial charge is 0.481 e. The Balaban J connectivity index is 1.99. The van der Waals surface area contributed by atoms with Crippen LogP contribution in [0.25, 0.3) is 0 Å². The maximum atomic E-state index is 11.1. The molecule has 1 aromatic carbocycles. The first-order valence-electron chi connectivity index (χ1n) is 6.85. The quantitative estimate of drug-likeness (QED) is 0.925. The van der Waals surface area contributed by atoms with E-state index in [1.165, 1.54) is 17.5 Å². The Morgan fingerprint density at radius 3 is 2.85 bits per heavy atom. The van der Waals surface area contributed by atoms with Crippen molar-refractivity contribution in [2.75, 3.05) is 0 Å². The van der Waals surface area contributed by atoms with Crippen molar-refractivity contribution in [2.45, 2.75) is 31.6 Å². The highest BCUT2D eigenvalue weighted by Gasteiger charge is 2.21. The predicted molar refractivity (Wildman–Crippen MR) is 74.6 cm³/mol. The lowest BCUT2D eigenvalue weighted by molar-refractivity contribution is -0.137. The van der Waals surface area contributed by atoms with E-state index in [0.717, 1.165) is 18.4 Å². The van der Waals surface area contributed by atoms with Gasteiger partial charge in [-0.25, -0.2) is 0 Å². The van der Waals surface area contributed by atoms with Gasteiger partial charge in [0.15, 0.2) is 0 Å². The molecule has 3 rings (SSSR count). The molecule has 2 aromatic rings. The van der Waals surface area contributed by atoms with E-state index in [9.17, 15) is 4.79 Å². The Labute approximate surface area is 117 Å². The Morgan fingerprint density at radius 2 is 2.10 bits per heavy atom. The van der Waals surface area contributed by atoms with Crippen molar-refractivity contribution < 1.29 is 9.90 Å². The highest BCUT2D eigenvalue weighted by atomic mass is 16.4. The lowest BCUT2D eigenvalue weighted by Gasteiger charge is -2.15. The number of carboxylic acids is 1. The van der Waals surface area contributed by atoms with E-state index in [1.807, 2.05) is 12.1 Å². The molecule has 20 heavy (non-hydrogen) atoms. The van der Waals surface area contributed by atoms with E-state index >= 15 is 0 Å². The van der Waals surface area contributed by atoms with E-state index in [-0.39, 0.29) is 12.3 Å². The number of fused-ring (bicyclic) bond motifs is 1. The molecule has 1 heterocycles. The molecule has 102 valence electrons. The van der Waals surface area contributed by atoms with Crippen molar-refractivity contribution in [3.8, 4) is 0 Å². The zero-order chi connectivity index (χ0) is 13.9. The van der Waals surface area contributed by atoms with Gasteiger partial charge in [-0.1, -0.05) is 18.2 Å². The highest BCUT2D eigenvalue weighted by molar-refractivity contribution is 5.69. The summed E-state index contributed by atoms with van der Waals surface area (Å²) in [6.07, 6.45) is 5.04. The van der Waals surface area contributed by atoms with Crippen LogP contribution in [0.5, 0.6) is 0 Å². The van der Waals surface area contributed by atoms with Crippen LogP contribution in [-0.2, 0) is 17.6 Å². The highest BCUT2D eigenvalue weighted by Crippen LogP contribution is 2.30. The van der Waals surface area contributed by atoms with Gasteiger partial charge in [0, 0.05) is 12.1 Å². The molecule has 1 N–H and O–H groups in total. The average Bonchev–Trinajstić information content (AvgIpc) is 2.93. The SMILES string of the molecule is O=C(O)CC(c1ccc2c(c1)CCC2)c1cccnn1. The van der Waals surface area contributed by atoms with Gasteiger partial charge in [0.25, 0.3) is 0 Å². The van der Waals surface area contributed by atoms with Gasteiger partial charge in [-0.15, -0.1) is 0 Å². The van der Waals surface area contributed by atoms with Gasteiger partial charge in [0.2, 0.25) is 0 Å². The average molecular weight is 268 g/mol. The third-order valence-corrected chi connectivity index (χ3v) is 3.85. The second-order valence-electron chi connectivity index (χ2n) is 5.18. The van der Waals surface area contributed by atoms with Crippen LogP contribution in [0.4, 0.5) is 0 Å². The minimum atomic E-state index is -0.818. The molecule has 1 aliphatic rings. The van der Waals surface area contributed by atoms with Crippen molar-refractivity contribution in [2.24, 2.45) is 0 Å². The maximum absolute atomic E-state index is 11.1. The fourth-order valence-electron chi connectivity index (χ4n) is 2.88. The van der Waals surface area contributed by atoms with Crippen molar-refractivity contribution in [1.29, 1.82) is 0 Å². The van der Waals surface area contributed by atoms with Gasteiger partial charge >= 0.3 is 5.97 Å². The zero-order valence-electron chi connectivity index (χ0n) is 11.1. The van der Waals surface area contributed by atoms with Crippen molar-refractivity contribution in [3.63, 3.8) is 0 Å². The van der Waals surface area contributed by atoms with Crippen LogP contribution >= 0.6 is 0 Å². The first-order valence-corrected chi connectivity index (χ1v) is 6.85. The number of hydrogen-bond donors (Lipinski definition) is 1. The Kier molecular flexibility index (Phi) is 3.46. The lowest BCUT2D eigenvalue weighted by atomic mass is 9.90. The molecule has 4 nitrogen and oxygen atoms in total. The number of hydrogen-bond acceptors (Lipinski definition) is 3. The summed E-state index contributed by atoms with van der Waals surface area (Å²) < 4.78 is 0. The smallest absolute Gasteiger partial charge is 0.304 e. The van der Waals surface area contributed by atoms with Crippen molar-refractivity contribution in [3.05, 3.63) is 58.9 Å². The van der Waals surface area contributed by atoms with Gasteiger partial charge in [-0.05, 0) is 48.1 Å². The van der Waals surface area contributed by atoms with Gasteiger partial charge in [-0.3, -0.25) is 4.79 Å². The van der Waals surface area contributed by atoms with Crippen molar-refractivity contribution >= 4 is 5.97 Å². The third-order valence-electron chi connectivity index (χ3n) is 3.85. The van der Waals surface area contributed by atoms with E-state index < -0.39 is 5.97 Å². The van der Waals surface area contributed by atoms with Crippen LogP contribution < -0.4 is 0 Å². The molecule has 0 saturated heterocycles. The predicted octanol–water partition coefficient (Wildman–Crippen LogP) is 2.57. The Bertz CT molecular complexity index is 626. The normalized spacial score (nSPS) is 14.8. The number of carboxylic acid groups (broad SMARTS) is 1. The molecule has 1 aliphatic carbocycles. The van der Waals surface area contributed by atoms with Gasteiger partial charge < -0.3 is 5.11 Å². The second-order valence-corrected chi connectivity index (χ2v) is 5.18. The van der Waals surface area contributed by atoms with Gasteiger partial charge in [0.05, 0.1) is 12.1 Å². The topological polar surface area (TPSA) is 63.1 Å². The summed E-state index contributed by atoms with van der Waals surface area (Å²) in [5, 5.41) is 17.1. The van der Waals surface area contributed by atoms with Crippen LogP contribution in [0.1, 0.15) is 41.1 Å². The molecule has 0 bridgehead atoms. The summed E-state index contributed by atoms with van der Waals surface area (Å²) in [6, 6.07) is 9.94. The Hall–Kier alpha value is -2.23. The molecule has 1 atom stereocenters. The number of aromatic nitrogens is 2. The van der Waals surface area contributed by atoms with Crippen LogP contribution in [0.2, 0.25) is 0 Å². The van der Waals surface area contributed by atoms with Crippen LogP contribution in [0.3, 0.4) is 0 Å². The van der Waals surface area contributed by atoms with E-state index in [1.54, 1.807) is 12.3 Å². The molecule has 1 aromatic heterocycles. The molecule has 0 aliphatic heterocycles. The van der Waals surface area contributed by atoms with E-state index in [2.05, 4.69) is 22.3 Å². The summed E-state index contributed by atoms with van der Waals surface area (Å²) in [4.78, 5) is 11.1. The molecular formula is C16H16N2O2. The summed E-state index contributed by atoms with van der Waals surface area (Å²) in [6.45, 7) is 0. The van der Waals surface area contributed by atoms with Gasteiger partial charge in [-0.2, -0.15) is 10.2 Å². The molecule has 4 heteroatoms. The first kappa shape index (κ1) is 12.8. The molecular weight excluding hydrogens is 252 g/mol. The van der Waals surface area contributed by atoms with Crippen LogP contribution in [-0.4, -0.2) is 21.3 Å². The monoisotopic (exact) mass is 268 g/mol. The maximum Gasteiger partial charge on any atom is 0.304 e. The fraction of sp³-hybridized carbons (Fsp3) is 0.312. The molecule has 1 unspecified atom stereocenters. The molecule has 0 amide bonds. The molecule has 0 fully saturated rings. The third kappa shape index (κ3) is 2.54. The van der Waals surface area contributed by atoms with E-state index in [4.69, 9.17) is 5.11 Å². The lowest BCUT2D eigenvalue weighted by Crippen LogP contribution is -2.10. The van der Waals surface area contributed by atoms with Crippen molar-refractivity contribution in [1.82, 2.24) is 10.2 Å². The number of aryl methyl sites for hydroxylation is 2. The first-order chi connectivity index (χ1) is 9.74. The number of rotatable bonds is 4. The van der Waals surface area contributed by atoms with Crippen LogP contribution in [0.15, 0.2) is 36.5 Å². The van der Waals surface area contributed by atoms with E-state index in [0.29, 0.717) is 5.69 Å². The number of aliphatic carboxylic acids is 1. The summed E-state index contributed by atoms with van der Waals surface area (Å²) in [7, 11) is 0.